The Bertz CT molecular complexity index is 751. The second-order valence-corrected chi connectivity index (χ2v) is 6.46. The molecule has 0 saturated heterocycles. The van der Waals surface area contributed by atoms with E-state index in [4.69, 9.17) is 0 Å². The van der Waals surface area contributed by atoms with Gasteiger partial charge in [-0.05, 0) is 31.0 Å². The van der Waals surface area contributed by atoms with Crippen molar-refractivity contribution in [2.75, 3.05) is 0 Å². The summed E-state index contributed by atoms with van der Waals surface area (Å²) in [5, 5.41) is 2.79. The Morgan fingerprint density at radius 2 is 1.50 bits per heavy atom. The van der Waals surface area contributed by atoms with Gasteiger partial charge < -0.3 is 4.57 Å². The summed E-state index contributed by atoms with van der Waals surface area (Å²) in [6.07, 6.45) is 8.11. The molecule has 1 nitrogen and oxygen atoms in total. The van der Waals surface area contributed by atoms with E-state index < -0.39 is 0 Å². The van der Waals surface area contributed by atoms with E-state index in [2.05, 4.69) is 60.9 Å². The Balaban J connectivity index is 1.84. The first-order valence-corrected chi connectivity index (χ1v) is 8.79. The van der Waals surface area contributed by atoms with Crippen molar-refractivity contribution in [1.29, 1.82) is 0 Å². The summed E-state index contributed by atoms with van der Waals surface area (Å²) in [6.45, 7) is 5.60. The zero-order valence-electron chi connectivity index (χ0n) is 13.9. The number of fused-ring (bicyclic) bond motifs is 3. The Kier molecular flexibility index (Phi) is 4.82. The van der Waals surface area contributed by atoms with Gasteiger partial charge in [-0.25, -0.2) is 0 Å². The van der Waals surface area contributed by atoms with Gasteiger partial charge in [0.2, 0.25) is 0 Å². The molecule has 0 saturated carbocycles. The lowest BCUT2D eigenvalue weighted by Crippen LogP contribution is -1.97. The molecule has 116 valence electrons. The molecule has 0 fully saturated rings. The van der Waals surface area contributed by atoms with Crippen LogP contribution in [0.1, 0.15) is 51.0 Å². The van der Waals surface area contributed by atoms with E-state index in [9.17, 15) is 0 Å². The van der Waals surface area contributed by atoms with Crippen molar-refractivity contribution < 1.29 is 0 Å². The van der Waals surface area contributed by atoms with Crippen LogP contribution in [-0.4, -0.2) is 4.57 Å². The topological polar surface area (TPSA) is 4.93 Å². The van der Waals surface area contributed by atoms with Gasteiger partial charge in [0.05, 0.1) is 0 Å². The molecule has 2 aromatic carbocycles. The van der Waals surface area contributed by atoms with Gasteiger partial charge in [0.1, 0.15) is 0 Å². The quantitative estimate of drug-likeness (QED) is 0.440. The highest BCUT2D eigenvalue weighted by atomic mass is 15.0. The van der Waals surface area contributed by atoms with E-state index in [1.54, 1.807) is 0 Å². The Morgan fingerprint density at radius 3 is 2.36 bits per heavy atom. The van der Waals surface area contributed by atoms with Crippen molar-refractivity contribution >= 4 is 21.8 Å². The molecule has 0 bridgehead atoms. The zero-order chi connectivity index (χ0) is 15.4. The molecule has 0 unspecified atom stereocenters. The number of para-hydroxylation sites is 1. The highest BCUT2D eigenvalue weighted by Gasteiger charge is 2.09. The first-order chi connectivity index (χ1) is 10.8. The van der Waals surface area contributed by atoms with E-state index in [1.165, 1.54) is 65.9 Å². The molecule has 0 N–H and O–H groups in total. The van der Waals surface area contributed by atoms with Crippen LogP contribution in [-0.2, 0) is 6.54 Å². The minimum atomic E-state index is 1.14. The molecule has 3 aromatic rings. The van der Waals surface area contributed by atoms with Gasteiger partial charge in [0.25, 0.3) is 0 Å². The van der Waals surface area contributed by atoms with Gasteiger partial charge in [-0.3, -0.25) is 0 Å². The number of benzene rings is 2. The predicted molar refractivity (Wildman–Crippen MR) is 97.6 cm³/mol. The van der Waals surface area contributed by atoms with Crippen LogP contribution in [0.4, 0.5) is 0 Å². The van der Waals surface area contributed by atoms with E-state index in [-0.39, 0.29) is 0 Å². The third kappa shape index (κ3) is 3.04. The summed E-state index contributed by atoms with van der Waals surface area (Å²) in [5.74, 6) is 0. The van der Waals surface area contributed by atoms with E-state index in [0.29, 0.717) is 0 Å². The maximum absolute atomic E-state index is 2.53. The van der Waals surface area contributed by atoms with Crippen LogP contribution in [0.25, 0.3) is 21.8 Å². The molecular weight excluding hydrogens is 266 g/mol. The average molecular weight is 293 g/mol. The first kappa shape index (κ1) is 15.1. The van der Waals surface area contributed by atoms with Crippen molar-refractivity contribution in [3.05, 3.63) is 48.0 Å². The number of nitrogens with zero attached hydrogens (tertiary/aromatic N) is 1. The van der Waals surface area contributed by atoms with Gasteiger partial charge in [-0.2, -0.15) is 0 Å². The molecule has 0 aliphatic rings. The molecule has 0 atom stereocenters. The van der Waals surface area contributed by atoms with Crippen molar-refractivity contribution in [2.45, 2.75) is 58.9 Å². The molecule has 1 heterocycles. The Morgan fingerprint density at radius 1 is 0.773 bits per heavy atom. The normalized spacial score (nSPS) is 11.5. The fourth-order valence-corrected chi connectivity index (χ4v) is 3.45. The van der Waals surface area contributed by atoms with Gasteiger partial charge >= 0.3 is 0 Å². The summed E-state index contributed by atoms with van der Waals surface area (Å²) >= 11 is 0. The van der Waals surface area contributed by atoms with E-state index in [1.807, 2.05) is 0 Å². The molecule has 3 rings (SSSR count). The maximum Gasteiger partial charge on any atom is 0.0494 e. The second-order valence-electron chi connectivity index (χ2n) is 6.46. The van der Waals surface area contributed by atoms with Gasteiger partial charge in [-0.15, -0.1) is 0 Å². The molecule has 0 aliphatic carbocycles. The smallest absolute Gasteiger partial charge is 0.0494 e. The molecule has 1 aromatic heterocycles. The van der Waals surface area contributed by atoms with Crippen molar-refractivity contribution in [2.24, 2.45) is 0 Å². The number of rotatable bonds is 7. The highest BCUT2D eigenvalue weighted by molar-refractivity contribution is 6.08. The fourth-order valence-electron chi connectivity index (χ4n) is 3.45. The molecule has 0 spiro atoms. The van der Waals surface area contributed by atoms with Gasteiger partial charge in [-0.1, -0.05) is 69.4 Å². The number of hydrogen-bond donors (Lipinski definition) is 0. The van der Waals surface area contributed by atoms with Crippen LogP contribution in [0.15, 0.2) is 42.5 Å². The maximum atomic E-state index is 2.53. The highest BCUT2D eigenvalue weighted by Crippen LogP contribution is 2.30. The fraction of sp³-hybridized carbons (Fsp3) is 0.429. The summed E-state index contributed by atoms with van der Waals surface area (Å²) in [6, 6.07) is 15.7. The minimum absolute atomic E-state index is 1.14. The zero-order valence-corrected chi connectivity index (χ0v) is 13.9. The number of unbranched alkanes of at least 4 members (excludes halogenated alkanes) is 5. The lowest BCUT2D eigenvalue weighted by Gasteiger charge is -2.08. The largest absolute Gasteiger partial charge is 0.340 e. The van der Waals surface area contributed by atoms with Crippen molar-refractivity contribution in [3.8, 4) is 0 Å². The molecule has 0 radical (unpaired) electrons. The first-order valence-electron chi connectivity index (χ1n) is 8.79. The predicted octanol–water partition coefficient (Wildman–Crippen LogP) is 6.46. The third-order valence-corrected chi connectivity index (χ3v) is 4.66. The third-order valence-electron chi connectivity index (χ3n) is 4.66. The summed E-state index contributed by atoms with van der Waals surface area (Å²) in [7, 11) is 0. The van der Waals surface area contributed by atoms with Crippen LogP contribution in [0, 0.1) is 6.92 Å². The van der Waals surface area contributed by atoms with E-state index >= 15 is 0 Å². The lowest BCUT2D eigenvalue weighted by molar-refractivity contribution is 0.571. The number of aryl methyl sites for hydroxylation is 2. The van der Waals surface area contributed by atoms with Gasteiger partial charge in [0.15, 0.2) is 0 Å². The van der Waals surface area contributed by atoms with Crippen LogP contribution in [0.5, 0.6) is 0 Å². The van der Waals surface area contributed by atoms with E-state index in [0.717, 1.165) is 6.54 Å². The van der Waals surface area contributed by atoms with Gasteiger partial charge in [0, 0.05) is 28.4 Å². The molecule has 0 amide bonds. The van der Waals surface area contributed by atoms with Crippen LogP contribution in [0.3, 0.4) is 0 Å². The second kappa shape index (κ2) is 7.00. The number of hydrogen-bond acceptors (Lipinski definition) is 0. The SMILES string of the molecule is CCCCCCCCn1c2ccccc2c2ccc(C)cc21. The van der Waals surface area contributed by atoms with Crippen molar-refractivity contribution in [3.63, 3.8) is 0 Å². The molecule has 1 heteroatoms. The number of aromatic nitrogens is 1. The Labute approximate surface area is 133 Å². The molecule has 0 aliphatic heterocycles. The molecular formula is C21H27N. The lowest BCUT2D eigenvalue weighted by atomic mass is 10.1. The summed E-state index contributed by atoms with van der Waals surface area (Å²) < 4.78 is 2.53. The van der Waals surface area contributed by atoms with Crippen LogP contribution >= 0.6 is 0 Å². The summed E-state index contributed by atoms with van der Waals surface area (Å²) in [4.78, 5) is 0. The Hall–Kier alpha value is -1.76. The van der Waals surface area contributed by atoms with Crippen LogP contribution < -0.4 is 0 Å². The standard InChI is InChI=1S/C21H27N/c1-3-4-5-6-7-10-15-22-20-12-9-8-11-18(20)19-14-13-17(2)16-21(19)22/h8-9,11-14,16H,3-7,10,15H2,1-2H3. The molecule has 22 heavy (non-hydrogen) atoms. The summed E-state index contributed by atoms with van der Waals surface area (Å²) in [5.41, 5.74) is 4.13. The minimum Gasteiger partial charge on any atom is -0.340 e. The average Bonchev–Trinajstić information content (AvgIpc) is 2.84. The monoisotopic (exact) mass is 293 g/mol. The van der Waals surface area contributed by atoms with Crippen LogP contribution in [0.2, 0.25) is 0 Å². The van der Waals surface area contributed by atoms with Crippen molar-refractivity contribution in [1.82, 2.24) is 4.57 Å².